The molecule has 1 N–H and O–H groups in total. The van der Waals surface area contributed by atoms with Crippen molar-refractivity contribution in [1.82, 2.24) is 0 Å². The summed E-state index contributed by atoms with van der Waals surface area (Å²) in [4.78, 5) is 10.9. The van der Waals surface area contributed by atoms with Crippen molar-refractivity contribution in [2.75, 3.05) is 6.61 Å². The summed E-state index contributed by atoms with van der Waals surface area (Å²) in [5.41, 5.74) is 2.17. The maximum absolute atomic E-state index is 13.3. The van der Waals surface area contributed by atoms with Crippen molar-refractivity contribution in [1.29, 1.82) is 0 Å². The molecule has 4 nitrogen and oxygen atoms in total. The fourth-order valence-electron chi connectivity index (χ4n) is 3.79. The molecule has 192 valence electrons. The Balaban J connectivity index is 1.67. The molecule has 0 aliphatic carbocycles. The van der Waals surface area contributed by atoms with Crippen molar-refractivity contribution in [3.63, 3.8) is 0 Å². The highest BCUT2D eigenvalue weighted by atomic mass is 35.5. The molecule has 0 aromatic heterocycles. The molecule has 0 amide bonds. The number of hydrogen-bond donors (Lipinski definition) is 1. The van der Waals surface area contributed by atoms with Gasteiger partial charge >= 0.3 is 12.1 Å². The van der Waals surface area contributed by atoms with E-state index in [0.717, 1.165) is 29.7 Å². The first-order valence-electron chi connectivity index (χ1n) is 11.7. The quantitative estimate of drug-likeness (QED) is 0.280. The topological polar surface area (TPSA) is 55.8 Å². The number of benzene rings is 3. The summed E-state index contributed by atoms with van der Waals surface area (Å²) in [6, 6.07) is 15.6. The number of carboxylic acid groups (broad SMARTS) is 1. The van der Waals surface area contributed by atoms with E-state index < -0.39 is 17.7 Å². The van der Waals surface area contributed by atoms with Crippen molar-refractivity contribution >= 4 is 17.6 Å². The summed E-state index contributed by atoms with van der Waals surface area (Å²) in [5.74, 6) is 0.182. The molecule has 3 aromatic carbocycles. The lowest BCUT2D eigenvalue weighted by atomic mass is 10.0. The van der Waals surface area contributed by atoms with E-state index in [1.165, 1.54) is 6.07 Å². The number of carbonyl (C=O) groups is 1. The zero-order valence-corrected chi connectivity index (χ0v) is 20.8. The van der Waals surface area contributed by atoms with Crippen LogP contribution in [0.4, 0.5) is 13.2 Å². The number of aryl methyl sites for hydroxylation is 2. The first-order chi connectivity index (χ1) is 17.1. The Labute approximate surface area is 213 Å². The molecule has 0 aliphatic heterocycles. The molecule has 0 unspecified atom stereocenters. The van der Waals surface area contributed by atoms with Gasteiger partial charge in [-0.15, -0.1) is 0 Å². The van der Waals surface area contributed by atoms with Crippen molar-refractivity contribution in [2.24, 2.45) is 0 Å². The molecule has 0 heterocycles. The average molecular weight is 521 g/mol. The molecule has 0 spiro atoms. The monoisotopic (exact) mass is 520 g/mol. The van der Waals surface area contributed by atoms with Gasteiger partial charge in [0, 0.05) is 23.4 Å². The van der Waals surface area contributed by atoms with Gasteiger partial charge in [0.25, 0.3) is 0 Å². The van der Waals surface area contributed by atoms with E-state index in [9.17, 15) is 18.0 Å². The zero-order chi connectivity index (χ0) is 26.3. The predicted molar refractivity (Wildman–Crippen MR) is 134 cm³/mol. The summed E-state index contributed by atoms with van der Waals surface area (Å²) >= 11 is 5.94. The Kier molecular flexibility index (Phi) is 9.26. The second kappa shape index (κ2) is 12.2. The number of halogens is 4. The maximum atomic E-state index is 13.3. The molecule has 0 radical (unpaired) electrons. The van der Waals surface area contributed by atoms with Gasteiger partial charge in [-0.3, -0.25) is 4.79 Å². The maximum Gasteiger partial charge on any atom is 0.416 e. The lowest BCUT2D eigenvalue weighted by Crippen LogP contribution is -2.16. The molecule has 0 saturated carbocycles. The van der Waals surface area contributed by atoms with Crippen LogP contribution in [0.3, 0.4) is 0 Å². The van der Waals surface area contributed by atoms with E-state index in [1.807, 2.05) is 32.0 Å². The third kappa shape index (κ3) is 7.65. The van der Waals surface area contributed by atoms with Crippen LogP contribution >= 0.6 is 11.6 Å². The summed E-state index contributed by atoms with van der Waals surface area (Å²) in [6.07, 6.45) is -3.00. The lowest BCUT2D eigenvalue weighted by molar-refractivity contribution is -0.138. The van der Waals surface area contributed by atoms with Crippen LogP contribution in [0.25, 0.3) is 11.1 Å². The van der Waals surface area contributed by atoms with E-state index in [0.29, 0.717) is 47.1 Å². The third-order valence-corrected chi connectivity index (χ3v) is 6.00. The summed E-state index contributed by atoms with van der Waals surface area (Å²) < 4.78 is 51.9. The summed E-state index contributed by atoms with van der Waals surface area (Å²) in [6.45, 7) is 4.18. The first-order valence-corrected chi connectivity index (χ1v) is 12.0. The van der Waals surface area contributed by atoms with Crippen molar-refractivity contribution in [3.8, 4) is 22.6 Å². The van der Waals surface area contributed by atoms with Crippen LogP contribution in [-0.2, 0) is 23.8 Å². The van der Waals surface area contributed by atoms with E-state index >= 15 is 0 Å². The van der Waals surface area contributed by atoms with Gasteiger partial charge in [-0.25, -0.2) is 0 Å². The van der Waals surface area contributed by atoms with E-state index in [4.69, 9.17) is 26.2 Å². The molecule has 36 heavy (non-hydrogen) atoms. The van der Waals surface area contributed by atoms with Gasteiger partial charge in [-0.2, -0.15) is 13.2 Å². The van der Waals surface area contributed by atoms with E-state index in [1.54, 1.807) is 24.3 Å². The van der Waals surface area contributed by atoms with Crippen molar-refractivity contribution < 1.29 is 32.5 Å². The van der Waals surface area contributed by atoms with Crippen LogP contribution in [-0.4, -0.2) is 23.8 Å². The molecule has 1 atom stereocenters. The predicted octanol–water partition coefficient (Wildman–Crippen LogP) is 7.84. The number of ether oxygens (including phenoxy) is 2. The molecule has 3 rings (SSSR count). The van der Waals surface area contributed by atoms with E-state index in [2.05, 4.69) is 0 Å². The standard InChI is InChI=1S/C28H28ClF3O4/c1-3-19-16-24(11-6-20(19)7-13-27(33)34)35-15-14-18(2)36-26-12-8-22(28(30,31)32)17-25(26)21-4-9-23(29)10-5-21/h4-6,8-12,16-18H,3,7,13-15H2,1-2H3,(H,33,34)/t18-/m1/s1. The van der Waals surface area contributed by atoms with Crippen molar-refractivity contribution in [2.45, 2.75) is 51.8 Å². The zero-order valence-electron chi connectivity index (χ0n) is 20.1. The summed E-state index contributed by atoms with van der Waals surface area (Å²) in [7, 11) is 0. The highest BCUT2D eigenvalue weighted by Gasteiger charge is 2.31. The smallest absolute Gasteiger partial charge is 0.416 e. The molecular weight excluding hydrogens is 493 g/mol. The van der Waals surface area contributed by atoms with Gasteiger partial charge in [0.05, 0.1) is 18.3 Å². The van der Waals surface area contributed by atoms with Crippen LogP contribution in [0.15, 0.2) is 60.7 Å². The Hall–Kier alpha value is -3.19. The molecular formula is C28H28ClF3O4. The molecule has 3 aromatic rings. The fraction of sp³-hybridized carbons (Fsp3) is 0.321. The number of aliphatic carboxylic acids is 1. The minimum atomic E-state index is -4.47. The normalized spacial score (nSPS) is 12.3. The SMILES string of the molecule is CCc1cc(OCC[C@@H](C)Oc2ccc(C(F)(F)F)cc2-c2ccc(Cl)cc2)ccc1CCC(=O)O. The van der Waals surface area contributed by atoms with Crippen LogP contribution in [0.5, 0.6) is 11.5 Å². The minimum Gasteiger partial charge on any atom is -0.493 e. The van der Waals surface area contributed by atoms with Crippen LogP contribution in [0.1, 0.15) is 43.4 Å². The Morgan fingerprint density at radius 1 is 1.03 bits per heavy atom. The van der Waals surface area contributed by atoms with Gasteiger partial charge in [0.1, 0.15) is 11.5 Å². The Morgan fingerprint density at radius 3 is 2.39 bits per heavy atom. The van der Waals surface area contributed by atoms with E-state index in [-0.39, 0.29) is 12.5 Å². The van der Waals surface area contributed by atoms with Gasteiger partial charge in [-0.1, -0.05) is 36.7 Å². The molecule has 0 fully saturated rings. The molecule has 0 saturated heterocycles. The minimum absolute atomic E-state index is 0.0734. The second-order valence-corrected chi connectivity index (χ2v) is 8.90. The van der Waals surface area contributed by atoms with Gasteiger partial charge in [0.15, 0.2) is 0 Å². The Morgan fingerprint density at radius 2 is 1.75 bits per heavy atom. The lowest BCUT2D eigenvalue weighted by Gasteiger charge is -2.19. The van der Waals surface area contributed by atoms with Gasteiger partial charge in [-0.05, 0) is 78.9 Å². The van der Waals surface area contributed by atoms with Gasteiger partial charge < -0.3 is 14.6 Å². The van der Waals surface area contributed by atoms with Crippen LogP contribution in [0, 0.1) is 0 Å². The average Bonchev–Trinajstić information content (AvgIpc) is 2.83. The molecule has 8 heteroatoms. The Bertz CT molecular complexity index is 1180. The highest BCUT2D eigenvalue weighted by Crippen LogP contribution is 2.38. The first kappa shape index (κ1) is 27.4. The number of hydrogen-bond acceptors (Lipinski definition) is 3. The number of alkyl halides is 3. The number of rotatable bonds is 11. The molecule has 0 bridgehead atoms. The fourth-order valence-corrected chi connectivity index (χ4v) is 3.92. The largest absolute Gasteiger partial charge is 0.493 e. The van der Waals surface area contributed by atoms with Crippen LogP contribution in [0.2, 0.25) is 5.02 Å². The van der Waals surface area contributed by atoms with Crippen molar-refractivity contribution in [3.05, 3.63) is 82.4 Å². The highest BCUT2D eigenvalue weighted by molar-refractivity contribution is 6.30. The van der Waals surface area contributed by atoms with Gasteiger partial charge in [0.2, 0.25) is 0 Å². The number of carboxylic acids is 1. The third-order valence-electron chi connectivity index (χ3n) is 5.75. The summed E-state index contributed by atoms with van der Waals surface area (Å²) in [5, 5.41) is 9.40. The molecule has 0 aliphatic rings. The van der Waals surface area contributed by atoms with Crippen LogP contribution < -0.4 is 9.47 Å². The second-order valence-electron chi connectivity index (χ2n) is 8.46.